The maximum absolute atomic E-state index is 6.26. The summed E-state index contributed by atoms with van der Waals surface area (Å²) in [4.78, 5) is 19.1. The average Bonchev–Trinajstić information content (AvgIpc) is 3.67. The first-order valence-electron chi connectivity index (χ1n) is 12.8. The summed E-state index contributed by atoms with van der Waals surface area (Å²) in [5.41, 5.74) is 10.9. The van der Waals surface area contributed by atoms with Gasteiger partial charge in [-0.05, 0) is 47.0 Å². The molecule has 0 unspecified atom stereocenters. The lowest BCUT2D eigenvalue weighted by atomic mass is 9.99. The zero-order chi connectivity index (χ0) is 25.5. The van der Waals surface area contributed by atoms with Gasteiger partial charge in [0.2, 0.25) is 0 Å². The molecule has 9 rings (SSSR count). The fraction of sp³-hybridized carbons (Fsp3) is 0.0303. The molecule has 6 heteroatoms. The summed E-state index contributed by atoms with van der Waals surface area (Å²) in [5, 5.41) is 4.46. The number of thiophene rings is 1. The van der Waals surface area contributed by atoms with E-state index in [1.54, 1.807) is 24.0 Å². The van der Waals surface area contributed by atoms with E-state index in [9.17, 15) is 0 Å². The van der Waals surface area contributed by atoms with Gasteiger partial charge in [-0.15, -0.1) is 11.3 Å². The third-order valence-electron chi connectivity index (χ3n) is 7.82. The number of furan rings is 1. The van der Waals surface area contributed by atoms with Crippen LogP contribution in [0.2, 0.25) is 0 Å². The van der Waals surface area contributed by atoms with E-state index in [0.717, 1.165) is 61.1 Å². The summed E-state index contributed by atoms with van der Waals surface area (Å²) < 4.78 is 7.48. The van der Waals surface area contributed by atoms with Crippen LogP contribution in [-0.4, -0.2) is 19.9 Å². The molecule has 1 aliphatic carbocycles. The van der Waals surface area contributed by atoms with Crippen LogP contribution in [0.1, 0.15) is 11.1 Å². The molecule has 0 amide bonds. The smallest absolute Gasteiger partial charge is 0.135 e. The standard InChI is InChI=1S/C33H18N4OS/c1-2-5-21-18(4-1)13-26-30(35-17-36-31(21)26)20-9-11-29-25(14-20)24-12-19(8-10-28(24)38-29)22-6-3-7-23-27-15-34-16-37-33(27)39-32(22)23/h1-12,14-17H,13H2. The van der Waals surface area contributed by atoms with Crippen molar-refractivity contribution in [3.63, 3.8) is 0 Å². The number of hydrogen-bond acceptors (Lipinski definition) is 6. The number of benzene rings is 4. The molecule has 0 saturated carbocycles. The molecule has 4 aromatic carbocycles. The summed E-state index contributed by atoms with van der Waals surface area (Å²) in [7, 11) is 0. The van der Waals surface area contributed by atoms with Crippen molar-refractivity contribution in [2.45, 2.75) is 6.42 Å². The zero-order valence-corrected chi connectivity index (χ0v) is 21.4. The summed E-state index contributed by atoms with van der Waals surface area (Å²) in [6, 6.07) is 27.8. The Bertz CT molecular complexity index is 2280. The van der Waals surface area contributed by atoms with Crippen molar-refractivity contribution >= 4 is 53.6 Å². The summed E-state index contributed by atoms with van der Waals surface area (Å²) in [5.74, 6) is 0. The van der Waals surface area contributed by atoms with Crippen LogP contribution >= 0.6 is 11.3 Å². The highest BCUT2D eigenvalue weighted by atomic mass is 32.1. The molecule has 182 valence electrons. The highest BCUT2D eigenvalue weighted by Gasteiger charge is 2.24. The lowest BCUT2D eigenvalue weighted by Gasteiger charge is -2.07. The molecule has 4 heterocycles. The number of aromatic nitrogens is 4. The topological polar surface area (TPSA) is 64.7 Å². The first-order valence-corrected chi connectivity index (χ1v) is 13.6. The van der Waals surface area contributed by atoms with Gasteiger partial charge >= 0.3 is 0 Å². The van der Waals surface area contributed by atoms with Crippen molar-refractivity contribution in [2.24, 2.45) is 0 Å². The minimum atomic E-state index is 0.847. The normalized spacial score (nSPS) is 12.5. The van der Waals surface area contributed by atoms with E-state index in [-0.39, 0.29) is 0 Å². The van der Waals surface area contributed by atoms with Crippen LogP contribution < -0.4 is 0 Å². The Balaban J connectivity index is 1.23. The largest absolute Gasteiger partial charge is 0.456 e. The van der Waals surface area contributed by atoms with Gasteiger partial charge < -0.3 is 4.42 Å². The molecule has 0 spiro atoms. The van der Waals surface area contributed by atoms with E-state index in [0.29, 0.717) is 0 Å². The van der Waals surface area contributed by atoms with E-state index < -0.39 is 0 Å². The van der Waals surface area contributed by atoms with E-state index in [4.69, 9.17) is 9.40 Å². The molecule has 4 aromatic heterocycles. The summed E-state index contributed by atoms with van der Waals surface area (Å²) >= 11 is 1.71. The van der Waals surface area contributed by atoms with Crippen molar-refractivity contribution in [1.29, 1.82) is 0 Å². The molecule has 0 bridgehead atoms. The Hall–Kier alpha value is -4.94. The van der Waals surface area contributed by atoms with Crippen LogP contribution in [-0.2, 0) is 6.42 Å². The molecule has 0 saturated heterocycles. The molecule has 0 aliphatic heterocycles. The first kappa shape index (κ1) is 21.0. The van der Waals surface area contributed by atoms with Crippen molar-refractivity contribution in [2.75, 3.05) is 0 Å². The number of rotatable bonds is 2. The quantitative estimate of drug-likeness (QED) is 0.230. The van der Waals surface area contributed by atoms with Gasteiger partial charge in [0.25, 0.3) is 0 Å². The second-order valence-corrected chi connectivity index (χ2v) is 10.9. The molecule has 1 aliphatic rings. The summed E-state index contributed by atoms with van der Waals surface area (Å²) in [6.07, 6.45) is 6.05. The van der Waals surface area contributed by atoms with Gasteiger partial charge in [-0.3, -0.25) is 0 Å². The number of nitrogens with zero attached hydrogens (tertiary/aromatic N) is 4. The van der Waals surface area contributed by atoms with Crippen molar-refractivity contribution in [3.8, 4) is 33.6 Å². The van der Waals surface area contributed by atoms with Gasteiger partial charge in [-0.2, -0.15) is 0 Å². The monoisotopic (exact) mass is 518 g/mol. The lowest BCUT2D eigenvalue weighted by Crippen LogP contribution is -1.94. The minimum Gasteiger partial charge on any atom is -0.456 e. The Morgan fingerprint density at radius 1 is 0.641 bits per heavy atom. The van der Waals surface area contributed by atoms with Gasteiger partial charge in [-0.25, -0.2) is 19.9 Å². The van der Waals surface area contributed by atoms with Crippen LogP contribution in [0, 0.1) is 0 Å². The van der Waals surface area contributed by atoms with Gasteiger partial charge in [0, 0.05) is 55.6 Å². The molecular formula is C33H18N4OS. The minimum absolute atomic E-state index is 0.847. The molecule has 39 heavy (non-hydrogen) atoms. The van der Waals surface area contributed by atoms with Crippen molar-refractivity contribution < 1.29 is 4.42 Å². The van der Waals surface area contributed by atoms with Crippen molar-refractivity contribution in [3.05, 3.63) is 109 Å². The second kappa shape index (κ2) is 7.79. The molecule has 0 fully saturated rings. The SMILES string of the molecule is c1ccc2c(c1)Cc1c(-c3ccc4oc5ccc(-c6cccc7c6sc6ncncc67)cc5c4c3)ncnc1-2. The highest BCUT2D eigenvalue weighted by molar-refractivity contribution is 7.26. The van der Waals surface area contributed by atoms with Crippen LogP contribution in [0.3, 0.4) is 0 Å². The molecular weight excluding hydrogens is 500 g/mol. The third-order valence-corrected chi connectivity index (χ3v) is 8.98. The van der Waals surface area contributed by atoms with Crippen LogP contribution in [0.15, 0.2) is 102 Å². The molecule has 0 atom stereocenters. The summed E-state index contributed by atoms with van der Waals surface area (Å²) in [6.45, 7) is 0. The molecule has 5 nitrogen and oxygen atoms in total. The fourth-order valence-corrected chi connectivity index (χ4v) is 7.17. The van der Waals surface area contributed by atoms with Crippen LogP contribution in [0.4, 0.5) is 0 Å². The molecule has 0 radical (unpaired) electrons. The van der Waals surface area contributed by atoms with Gasteiger partial charge in [0.1, 0.15) is 28.7 Å². The second-order valence-electron chi connectivity index (χ2n) is 9.93. The highest BCUT2D eigenvalue weighted by Crippen LogP contribution is 2.42. The Morgan fingerprint density at radius 3 is 2.36 bits per heavy atom. The fourth-order valence-electron chi connectivity index (χ4n) is 6.02. The van der Waals surface area contributed by atoms with E-state index in [1.807, 2.05) is 6.20 Å². The predicted octanol–water partition coefficient (Wildman–Crippen LogP) is 8.44. The van der Waals surface area contributed by atoms with Crippen molar-refractivity contribution in [1.82, 2.24) is 19.9 Å². The lowest BCUT2D eigenvalue weighted by molar-refractivity contribution is 0.669. The maximum atomic E-state index is 6.26. The van der Waals surface area contributed by atoms with Gasteiger partial charge in [0.15, 0.2) is 0 Å². The van der Waals surface area contributed by atoms with E-state index in [1.165, 1.54) is 32.3 Å². The van der Waals surface area contributed by atoms with Gasteiger partial charge in [-0.1, -0.05) is 48.5 Å². The molecule has 8 aromatic rings. The number of hydrogen-bond donors (Lipinski definition) is 0. The Kier molecular flexibility index (Phi) is 4.20. The van der Waals surface area contributed by atoms with Gasteiger partial charge in [0.05, 0.1) is 11.4 Å². The van der Waals surface area contributed by atoms with E-state index in [2.05, 4.69) is 93.8 Å². The zero-order valence-electron chi connectivity index (χ0n) is 20.6. The van der Waals surface area contributed by atoms with Crippen LogP contribution in [0.5, 0.6) is 0 Å². The average molecular weight is 519 g/mol. The maximum Gasteiger partial charge on any atom is 0.135 e. The predicted molar refractivity (Wildman–Crippen MR) is 157 cm³/mol. The van der Waals surface area contributed by atoms with Crippen LogP contribution in [0.25, 0.3) is 75.9 Å². The Morgan fingerprint density at radius 2 is 1.44 bits per heavy atom. The first-order chi connectivity index (χ1) is 19.3. The Labute approximate surface area is 226 Å². The number of fused-ring (bicyclic) bond motifs is 9. The third kappa shape index (κ3) is 3.00. The van der Waals surface area contributed by atoms with E-state index >= 15 is 0 Å². The molecule has 0 N–H and O–H groups in total.